The average molecular weight is 314 g/mol. The van der Waals surface area contributed by atoms with Gasteiger partial charge in [0.05, 0.1) is 31.8 Å². The third-order valence-electron chi connectivity index (χ3n) is 4.17. The zero-order valence-corrected chi connectivity index (χ0v) is 13.1. The molecule has 1 atom stereocenters. The molecule has 0 bridgehead atoms. The Morgan fingerprint density at radius 3 is 2.57 bits per heavy atom. The molecule has 1 fully saturated rings. The second-order valence-corrected chi connectivity index (χ2v) is 5.71. The van der Waals surface area contributed by atoms with Crippen molar-refractivity contribution >= 4 is 11.8 Å². The number of ketones is 1. The lowest BCUT2D eigenvalue weighted by atomic mass is 9.97. The maximum atomic E-state index is 12.5. The number of rotatable bonds is 5. The molecule has 0 radical (unpaired) electrons. The van der Waals surface area contributed by atoms with Gasteiger partial charge in [-0.1, -0.05) is 30.3 Å². The molecule has 6 heteroatoms. The Hall–Kier alpha value is -2.47. The number of hydrogen-bond acceptors (Lipinski definition) is 5. The van der Waals surface area contributed by atoms with Gasteiger partial charge >= 0.3 is 5.97 Å². The fourth-order valence-electron chi connectivity index (χ4n) is 2.51. The highest BCUT2D eigenvalue weighted by Crippen LogP contribution is 2.26. The highest BCUT2D eigenvalue weighted by molar-refractivity contribution is 5.93. The number of imidazole rings is 1. The Morgan fingerprint density at radius 2 is 2.00 bits per heavy atom. The number of ether oxygens (including phenoxy) is 2. The summed E-state index contributed by atoms with van der Waals surface area (Å²) in [6.45, 7) is 3.59. The number of hydrogen-bond donors (Lipinski definition) is 0. The number of Topliss-reactive ketones (excluding diaryl/α,β-unsaturated/α-hetero) is 1. The van der Waals surface area contributed by atoms with Crippen LogP contribution in [0, 0.1) is 0 Å². The lowest BCUT2D eigenvalue weighted by Crippen LogP contribution is -2.58. The highest BCUT2D eigenvalue weighted by atomic mass is 16.6. The molecule has 0 spiro atoms. The van der Waals surface area contributed by atoms with Crippen LogP contribution in [0.2, 0.25) is 0 Å². The minimum absolute atomic E-state index is 0.0767. The molecule has 1 aromatic carbocycles. The van der Waals surface area contributed by atoms with E-state index < -0.39 is 11.6 Å². The van der Waals surface area contributed by atoms with Gasteiger partial charge in [0.1, 0.15) is 5.69 Å². The van der Waals surface area contributed by atoms with Crippen LogP contribution in [-0.2, 0) is 14.3 Å². The van der Waals surface area contributed by atoms with Crippen molar-refractivity contribution in [3.8, 4) is 0 Å². The van der Waals surface area contributed by atoms with Crippen LogP contribution in [0.3, 0.4) is 0 Å². The molecule has 2 aromatic rings. The number of carbonyl (C=O) groups excluding carboxylic acids is 2. The summed E-state index contributed by atoms with van der Waals surface area (Å²) in [5.74, 6) is -0.775. The van der Waals surface area contributed by atoms with Gasteiger partial charge in [-0.05, 0) is 19.4 Å². The van der Waals surface area contributed by atoms with E-state index in [1.54, 1.807) is 10.9 Å². The summed E-state index contributed by atoms with van der Waals surface area (Å²) in [5, 5.41) is 0. The summed E-state index contributed by atoms with van der Waals surface area (Å²) in [7, 11) is 0. The molecule has 23 heavy (non-hydrogen) atoms. The van der Waals surface area contributed by atoms with Crippen molar-refractivity contribution in [1.82, 2.24) is 9.55 Å². The predicted octanol–water partition coefficient (Wildman–Crippen LogP) is 2.01. The molecule has 0 N–H and O–H groups in total. The Bertz CT molecular complexity index is 719. The topological polar surface area (TPSA) is 70.4 Å². The maximum absolute atomic E-state index is 12.5. The highest BCUT2D eigenvalue weighted by Gasteiger charge is 2.48. The molecule has 0 amide bonds. The third kappa shape index (κ3) is 2.77. The zero-order chi connectivity index (χ0) is 16.4. The number of benzene rings is 1. The molecule has 1 aromatic heterocycles. The van der Waals surface area contributed by atoms with Gasteiger partial charge in [0.15, 0.2) is 5.78 Å². The quantitative estimate of drug-likeness (QED) is 0.790. The van der Waals surface area contributed by atoms with E-state index in [2.05, 4.69) is 4.98 Å². The number of aromatic nitrogens is 2. The first kappa shape index (κ1) is 15.4. The van der Waals surface area contributed by atoms with Crippen molar-refractivity contribution in [3.63, 3.8) is 0 Å². The van der Waals surface area contributed by atoms with E-state index in [0.29, 0.717) is 5.69 Å². The van der Waals surface area contributed by atoms with E-state index in [-0.39, 0.29) is 25.0 Å². The molecular formula is C17H18N2O4. The number of carbonyl (C=O) groups is 2. The van der Waals surface area contributed by atoms with Gasteiger partial charge in [-0.15, -0.1) is 0 Å². The van der Waals surface area contributed by atoms with Gasteiger partial charge in [0.2, 0.25) is 5.60 Å². The number of nitrogens with zero attached hydrogens (tertiary/aromatic N) is 2. The fourth-order valence-corrected chi connectivity index (χ4v) is 2.51. The summed E-state index contributed by atoms with van der Waals surface area (Å²) in [4.78, 5) is 28.3. The summed E-state index contributed by atoms with van der Waals surface area (Å²) in [6.07, 6.45) is 3.04. The van der Waals surface area contributed by atoms with Crippen LogP contribution in [0.4, 0.5) is 0 Å². The Morgan fingerprint density at radius 1 is 1.30 bits per heavy atom. The van der Waals surface area contributed by atoms with Crippen LogP contribution in [-0.4, -0.2) is 40.1 Å². The van der Waals surface area contributed by atoms with Crippen molar-refractivity contribution in [2.45, 2.75) is 25.5 Å². The Kier molecular flexibility index (Phi) is 4.00. The van der Waals surface area contributed by atoms with Crippen molar-refractivity contribution in [2.24, 2.45) is 0 Å². The van der Waals surface area contributed by atoms with Crippen LogP contribution >= 0.6 is 0 Å². The molecule has 6 nitrogen and oxygen atoms in total. The Labute approximate surface area is 134 Å². The van der Waals surface area contributed by atoms with E-state index in [4.69, 9.17) is 9.47 Å². The van der Waals surface area contributed by atoms with Gasteiger partial charge < -0.3 is 14.0 Å². The molecule has 1 aliphatic heterocycles. The van der Waals surface area contributed by atoms with E-state index in [1.807, 2.05) is 37.3 Å². The first-order chi connectivity index (χ1) is 11.0. The van der Waals surface area contributed by atoms with Crippen LogP contribution < -0.4 is 0 Å². The standard InChI is InChI=1S/C17H18N2O4/c1-12(14-6-4-3-5-7-14)19-11-18-8-15(19)16(21)23-17(13(2)20)9-22-10-17/h3-8,11-12H,9-10H2,1-2H3. The molecule has 2 heterocycles. The molecular weight excluding hydrogens is 296 g/mol. The number of esters is 1. The van der Waals surface area contributed by atoms with Crippen LogP contribution in [0.25, 0.3) is 0 Å². The van der Waals surface area contributed by atoms with Gasteiger partial charge in [0, 0.05) is 0 Å². The molecule has 1 saturated heterocycles. The van der Waals surface area contributed by atoms with E-state index >= 15 is 0 Å². The molecule has 120 valence electrons. The second-order valence-electron chi connectivity index (χ2n) is 5.71. The van der Waals surface area contributed by atoms with Crippen molar-refractivity contribution in [3.05, 3.63) is 54.1 Å². The molecule has 3 rings (SSSR count). The third-order valence-corrected chi connectivity index (χ3v) is 4.17. The summed E-state index contributed by atoms with van der Waals surface area (Å²) in [6, 6.07) is 9.71. The maximum Gasteiger partial charge on any atom is 0.357 e. The van der Waals surface area contributed by atoms with Crippen molar-refractivity contribution in [2.75, 3.05) is 13.2 Å². The van der Waals surface area contributed by atoms with Gasteiger partial charge in [-0.2, -0.15) is 0 Å². The van der Waals surface area contributed by atoms with Crippen LogP contribution in [0.1, 0.15) is 35.9 Å². The first-order valence-corrected chi connectivity index (χ1v) is 7.42. The lowest BCUT2D eigenvalue weighted by Gasteiger charge is -2.38. The van der Waals surface area contributed by atoms with E-state index in [9.17, 15) is 9.59 Å². The van der Waals surface area contributed by atoms with Gasteiger partial charge in [-0.3, -0.25) is 4.79 Å². The van der Waals surface area contributed by atoms with E-state index in [1.165, 1.54) is 13.1 Å². The first-order valence-electron chi connectivity index (χ1n) is 7.42. The minimum atomic E-state index is -1.15. The molecule has 0 aliphatic carbocycles. The van der Waals surface area contributed by atoms with Crippen molar-refractivity contribution < 1.29 is 19.1 Å². The lowest BCUT2D eigenvalue weighted by molar-refractivity contribution is -0.188. The summed E-state index contributed by atoms with van der Waals surface area (Å²) in [5.41, 5.74) is 0.212. The van der Waals surface area contributed by atoms with Crippen molar-refractivity contribution in [1.29, 1.82) is 0 Å². The second kappa shape index (κ2) is 5.96. The molecule has 1 aliphatic rings. The average Bonchev–Trinajstić information content (AvgIpc) is 3.00. The molecule has 0 saturated carbocycles. The monoisotopic (exact) mass is 314 g/mol. The summed E-state index contributed by atoms with van der Waals surface area (Å²) < 4.78 is 12.2. The predicted molar refractivity (Wildman–Crippen MR) is 82.1 cm³/mol. The largest absolute Gasteiger partial charge is 0.441 e. The van der Waals surface area contributed by atoms with E-state index in [0.717, 1.165) is 5.56 Å². The van der Waals surface area contributed by atoms with Crippen LogP contribution in [0.5, 0.6) is 0 Å². The van der Waals surface area contributed by atoms with Crippen LogP contribution in [0.15, 0.2) is 42.9 Å². The zero-order valence-electron chi connectivity index (χ0n) is 13.1. The fraction of sp³-hybridized carbons (Fsp3) is 0.353. The smallest absolute Gasteiger partial charge is 0.357 e. The normalized spacial score (nSPS) is 17.1. The SMILES string of the molecule is CC(=O)C1(OC(=O)c2cncn2C(C)c2ccccc2)COC1. The minimum Gasteiger partial charge on any atom is -0.441 e. The summed E-state index contributed by atoms with van der Waals surface area (Å²) >= 11 is 0. The Balaban J connectivity index is 1.83. The van der Waals surface area contributed by atoms with Gasteiger partial charge in [-0.25, -0.2) is 9.78 Å². The molecule has 1 unspecified atom stereocenters. The van der Waals surface area contributed by atoms with Gasteiger partial charge in [0.25, 0.3) is 0 Å².